The van der Waals surface area contributed by atoms with Gasteiger partial charge < -0.3 is 4.90 Å². The van der Waals surface area contributed by atoms with E-state index in [0.29, 0.717) is 5.56 Å². The van der Waals surface area contributed by atoms with Gasteiger partial charge in [-0.1, -0.05) is 29.4 Å². The summed E-state index contributed by atoms with van der Waals surface area (Å²) in [5.74, 6) is 0.0126. The number of carbonyl (C=O) groups is 1. The van der Waals surface area contributed by atoms with Crippen molar-refractivity contribution in [1.29, 1.82) is 0 Å². The molecule has 0 atom stereocenters. The summed E-state index contributed by atoms with van der Waals surface area (Å²) in [6.45, 7) is 0. The third-order valence-electron chi connectivity index (χ3n) is 2.54. The van der Waals surface area contributed by atoms with E-state index >= 15 is 0 Å². The van der Waals surface area contributed by atoms with Crippen LogP contribution in [0.15, 0.2) is 58.3 Å². The lowest BCUT2D eigenvalue weighted by molar-refractivity contribution is 0.0827. The largest absolute Gasteiger partial charge is 0.345 e. The van der Waals surface area contributed by atoms with Crippen molar-refractivity contribution in [1.82, 2.24) is 4.90 Å². The second-order valence-corrected chi connectivity index (χ2v) is 5.87. The summed E-state index contributed by atoms with van der Waals surface area (Å²) in [5, 5.41) is 0.723. The fourth-order valence-electron chi connectivity index (χ4n) is 1.59. The monoisotopic (exact) mass is 291 g/mol. The van der Waals surface area contributed by atoms with Crippen LogP contribution in [0.5, 0.6) is 0 Å². The van der Waals surface area contributed by atoms with Crippen molar-refractivity contribution >= 4 is 29.3 Å². The molecule has 0 spiro atoms. The van der Waals surface area contributed by atoms with E-state index in [1.54, 1.807) is 30.8 Å². The zero-order chi connectivity index (χ0) is 13.8. The molecule has 0 radical (unpaired) electrons. The van der Waals surface area contributed by atoms with Gasteiger partial charge in [0.15, 0.2) is 0 Å². The lowest BCUT2D eigenvalue weighted by atomic mass is 10.2. The average Bonchev–Trinajstić information content (AvgIpc) is 2.41. The number of halogens is 1. The Bertz CT molecular complexity index is 581. The van der Waals surface area contributed by atoms with Gasteiger partial charge in [-0.2, -0.15) is 0 Å². The molecule has 98 valence electrons. The van der Waals surface area contributed by atoms with Crippen molar-refractivity contribution in [2.45, 2.75) is 9.79 Å². The molecule has 0 aliphatic heterocycles. The quantitative estimate of drug-likeness (QED) is 0.845. The topological polar surface area (TPSA) is 20.3 Å². The Morgan fingerprint density at radius 1 is 1.05 bits per heavy atom. The highest BCUT2D eigenvalue weighted by Crippen LogP contribution is 2.29. The Morgan fingerprint density at radius 3 is 2.37 bits per heavy atom. The van der Waals surface area contributed by atoms with Gasteiger partial charge in [0.1, 0.15) is 0 Å². The summed E-state index contributed by atoms with van der Waals surface area (Å²) in [6.07, 6.45) is 0. The van der Waals surface area contributed by atoms with Gasteiger partial charge in [0.05, 0.1) is 0 Å². The second kappa shape index (κ2) is 6.13. The van der Waals surface area contributed by atoms with Gasteiger partial charge in [0.25, 0.3) is 5.91 Å². The SMILES string of the molecule is CN(C)C(=O)c1cccc(Sc2ccc(Cl)cc2)c1. The minimum atomic E-state index is 0.0126. The maximum Gasteiger partial charge on any atom is 0.253 e. The first-order valence-electron chi connectivity index (χ1n) is 5.81. The van der Waals surface area contributed by atoms with Crippen molar-refractivity contribution in [2.24, 2.45) is 0 Å². The first-order chi connectivity index (χ1) is 9.06. The third kappa shape index (κ3) is 3.75. The van der Waals surface area contributed by atoms with Crippen molar-refractivity contribution in [3.05, 3.63) is 59.1 Å². The van der Waals surface area contributed by atoms with Gasteiger partial charge in [0.2, 0.25) is 0 Å². The van der Waals surface area contributed by atoms with Gasteiger partial charge in [-0.15, -0.1) is 0 Å². The summed E-state index contributed by atoms with van der Waals surface area (Å²) < 4.78 is 0. The molecule has 0 fully saturated rings. The molecule has 1 amide bonds. The Labute approximate surface area is 122 Å². The molecule has 2 aromatic carbocycles. The molecule has 0 aromatic heterocycles. The number of hydrogen-bond acceptors (Lipinski definition) is 2. The molecule has 2 aromatic rings. The van der Waals surface area contributed by atoms with Crippen LogP contribution in [-0.4, -0.2) is 24.9 Å². The highest BCUT2D eigenvalue weighted by Gasteiger charge is 2.08. The maximum absolute atomic E-state index is 11.9. The molecule has 0 unspecified atom stereocenters. The number of hydrogen-bond donors (Lipinski definition) is 0. The van der Waals surface area contributed by atoms with E-state index in [2.05, 4.69) is 0 Å². The lowest BCUT2D eigenvalue weighted by Gasteiger charge is -2.11. The van der Waals surface area contributed by atoms with Crippen LogP contribution in [0.3, 0.4) is 0 Å². The summed E-state index contributed by atoms with van der Waals surface area (Å²) >= 11 is 7.47. The molecular formula is C15H14ClNOS. The summed E-state index contributed by atoms with van der Waals surface area (Å²) in [4.78, 5) is 15.6. The van der Waals surface area contributed by atoms with E-state index in [9.17, 15) is 4.79 Å². The van der Waals surface area contributed by atoms with E-state index in [-0.39, 0.29) is 5.91 Å². The standard InChI is InChI=1S/C15H14ClNOS/c1-17(2)15(18)11-4-3-5-14(10-11)19-13-8-6-12(16)7-9-13/h3-10H,1-2H3. The molecule has 0 saturated heterocycles. The van der Waals surface area contributed by atoms with Gasteiger partial charge in [-0.25, -0.2) is 0 Å². The van der Waals surface area contributed by atoms with Crippen molar-refractivity contribution < 1.29 is 4.79 Å². The summed E-state index contributed by atoms with van der Waals surface area (Å²) in [5.41, 5.74) is 0.698. The highest BCUT2D eigenvalue weighted by molar-refractivity contribution is 7.99. The van der Waals surface area contributed by atoms with Crippen molar-refractivity contribution in [3.8, 4) is 0 Å². The van der Waals surface area contributed by atoms with E-state index in [1.165, 1.54) is 0 Å². The zero-order valence-corrected chi connectivity index (χ0v) is 12.3. The minimum absolute atomic E-state index is 0.0126. The van der Waals surface area contributed by atoms with Gasteiger partial charge in [0, 0.05) is 34.5 Å². The van der Waals surface area contributed by atoms with E-state index in [4.69, 9.17) is 11.6 Å². The fourth-order valence-corrected chi connectivity index (χ4v) is 2.59. The Kier molecular flexibility index (Phi) is 4.51. The van der Waals surface area contributed by atoms with Crippen LogP contribution in [0.2, 0.25) is 5.02 Å². The van der Waals surface area contributed by atoms with Crippen LogP contribution >= 0.6 is 23.4 Å². The van der Waals surface area contributed by atoms with E-state index in [1.807, 2.05) is 48.5 Å². The zero-order valence-electron chi connectivity index (χ0n) is 10.8. The first-order valence-corrected chi connectivity index (χ1v) is 7.01. The normalized spacial score (nSPS) is 10.3. The molecule has 0 aliphatic carbocycles. The number of amides is 1. The molecule has 2 rings (SSSR count). The number of rotatable bonds is 3. The Morgan fingerprint density at radius 2 is 1.74 bits per heavy atom. The van der Waals surface area contributed by atoms with Crippen molar-refractivity contribution in [3.63, 3.8) is 0 Å². The average molecular weight is 292 g/mol. The molecular weight excluding hydrogens is 278 g/mol. The van der Waals surface area contributed by atoms with Crippen LogP contribution in [0.1, 0.15) is 10.4 Å². The van der Waals surface area contributed by atoms with E-state index < -0.39 is 0 Å². The summed E-state index contributed by atoms with van der Waals surface area (Å²) in [6, 6.07) is 15.3. The molecule has 19 heavy (non-hydrogen) atoms. The third-order valence-corrected chi connectivity index (χ3v) is 3.79. The second-order valence-electron chi connectivity index (χ2n) is 4.28. The van der Waals surface area contributed by atoms with E-state index in [0.717, 1.165) is 14.8 Å². The Balaban J connectivity index is 2.19. The first kappa shape index (κ1) is 14.0. The predicted molar refractivity (Wildman–Crippen MR) is 80.0 cm³/mol. The highest BCUT2D eigenvalue weighted by atomic mass is 35.5. The lowest BCUT2D eigenvalue weighted by Crippen LogP contribution is -2.21. The number of nitrogens with zero attached hydrogens (tertiary/aromatic N) is 1. The molecule has 0 heterocycles. The number of carbonyl (C=O) groups excluding carboxylic acids is 1. The van der Waals surface area contributed by atoms with Crippen LogP contribution in [0, 0.1) is 0 Å². The van der Waals surface area contributed by atoms with Gasteiger partial charge >= 0.3 is 0 Å². The fraction of sp³-hybridized carbons (Fsp3) is 0.133. The predicted octanol–water partition coefficient (Wildman–Crippen LogP) is 4.19. The van der Waals surface area contributed by atoms with Gasteiger partial charge in [-0.05, 0) is 42.5 Å². The molecule has 0 aliphatic rings. The smallest absolute Gasteiger partial charge is 0.253 e. The minimum Gasteiger partial charge on any atom is -0.345 e. The van der Waals surface area contributed by atoms with Gasteiger partial charge in [-0.3, -0.25) is 4.79 Å². The summed E-state index contributed by atoms with van der Waals surface area (Å²) in [7, 11) is 3.50. The molecule has 0 saturated carbocycles. The van der Waals surface area contributed by atoms with Crippen LogP contribution in [-0.2, 0) is 0 Å². The maximum atomic E-state index is 11.9. The molecule has 0 N–H and O–H groups in total. The molecule has 0 bridgehead atoms. The Hall–Kier alpha value is -1.45. The number of benzene rings is 2. The van der Waals surface area contributed by atoms with Crippen LogP contribution < -0.4 is 0 Å². The van der Waals surface area contributed by atoms with Crippen LogP contribution in [0.4, 0.5) is 0 Å². The molecule has 2 nitrogen and oxygen atoms in total. The molecule has 4 heteroatoms. The van der Waals surface area contributed by atoms with Crippen molar-refractivity contribution in [2.75, 3.05) is 14.1 Å². The van der Waals surface area contributed by atoms with Crippen LogP contribution in [0.25, 0.3) is 0 Å².